The maximum Gasteiger partial charge on any atom is 0.353 e. The van der Waals surface area contributed by atoms with E-state index in [1.165, 1.54) is 83.4 Å². The molecular weight excluding hydrogens is 426 g/mol. The summed E-state index contributed by atoms with van der Waals surface area (Å²) < 4.78 is 0. The predicted molar refractivity (Wildman–Crippen MR) is 142 cm³/mol. The average molecular weight is 470 g/mol. The molecule has 0 radical (unpaired) electrons. The lowest BCUT2D eigenvalue weighted by Crippen LogP contribution is -2.09. The van der Waals surface area contributed by atoms with Crippen LogP contribution in [0, 0.1) is 17.0 Å². The first-order valence-corrected chi connectivity index (χ1v) is 13.2. The molecule has 0 saturated carbocycles. The first-order chi connectivity index (χ1) is 16.6. The molecule has 1 aromatic heterocycles. The van der Waals surface area contributed by atoms with E-state index in [1.54, 1.807) is 0 Å². The lowest BCUT2D eigenvalue weighted by atomic mass is 10.0. The number of hydrogen-bond donors (Lipinski definition) is 2. The van der Waals surface area contributed by atoms with Gasteiger partial charge in [0.25, 0.3) is 0 Å². The second kappa shape index (κ2) is 16.8. The zero-order chi connectivity index (χ0) is 24.4. The monoisotopic (exact) mass is 469 g/mol. The third-order valence-corrected chi connectivity index (χ3v) is 6.23. The third kappa shape index (κ3) is 10.5. The molecule has 0 amide bonds. The SMILES string of the molecule is CCCCCCCCCCCCCCCCNc1ncnc(Nc2ccccc2C)c1[N+](=O)[O-]. The van der Waals surface area contributed by atoms with Gasteiger partial charge in [0.1, 0.15) is 6.33 Å². The fourth-order valence-corrected chi connectivity index (χ4v) is 4.14. The van der Waals surface area contributed by atoms with E-state index >= 15 is 0 Å². The van der Waals surface area contributed by atoms with Crippen molar-refractivity contribution >= 4 is 23.0 Å². The molecule has 0 aliphatic heterocycles. The van der Waals surface area contributed by atoms with Gasteiger partial charge in [-0.15, -0.1) is 0 Å². The number of benzene rings is 1. The minimum atomic E-state index is -0.422. The average Bonchev–Trinajstić information content (AvgIpc) is 2.83. The van der Waals surface area contributed by atoms with E-state index in [-0.39, 0.29) is 17.3 Å². The molecule has 2 N–H and O–H groups in total. The van der Waals surface area contributed by atoms with Crippen molar-refractivity contribution in [1.82, 2.24) is 9.97 Å². The first kappa shape index (κ1) is 27.5. The molecule has 1 heterocycles. The highest BCUT2D eigenvalue weighted by atomic mass is 16.6. The van der Waals surface area contributed by atoms with E-state index in [9.17, 15) is 10.1 Å². The van der Waals surface area contributed by atoms with Gasteiger partial charge in [0.2, 0.25) is 11.6 Å². The Hall–Kier alpha value is -2.70. The zero-order valence-electron chi connectivity index (χ0n) is 21.2. The van der Waals surface area contributed by atoms with Crippen molar-refractivity contribution in [3.8, 4) is 0 Å². The van der Waals surface area contributed by atoms with Crippen LogP contribution in [0.15, 0.2) is 30.6 Å². The standard InChI is InChI=1S/C27H43N5O2/c1-3-4-5-6-7-8-9-10-11-12-13-14-15-18-21-28-26-25(32(33)34)27(30-22-29-26)31-24-20-17-16-19-23(24)2/h16-17,19-20,22H,3-15,18,21H2,1-2H3,(H2,28,29,30,31). The normalized spacial score (nSPS) is 10.9. The van der Waals surface area contributed by atoms with Crippen LogP contribution in [0.25, 0.3) is 0 Å². The molecular formula is C27H43N5O2. The molecule has 7 heteroatoms. The molecule has 0 fully saturated rings. The molecule has 34 heavy (non-hydrogen) atoms. The third-order valence-electron chi connectivity index (χ3n) is 6.23. The Kier molecular flexibility index (Phi) is 13.6. The minimum absolute atomic E-state index is 0.115. The molecule has 0 unspecified atom stereocenters. The quantitative estimate of drug-likeness (QED) is 0.122. The number of hydrogen-bond acceptors (Lipinski definition) is 6. The number of nitrogens with zero attached hydrogens (tertiary/aromatic N) is 3. The van der Waals surface area contributed by atoms with Crippen LogP contribution in [-0.2, 0) is 0 Å². The summed E-state index contributed by atoms with van der Waals surface area (Å²) in [5.74, 6) is 0.475. The number of nitrogens with one attached hydrogen (secondary N) is 2. The van der Waals surface area contributed by atoms with Crippen molar-refractivity contribution in [3.05, 3.63) is 46.3 Å². The lowest BCUT2D eigenvalue weighted by molar-refractivity contribution is -0.383. The highest BCUT2D eigenvalue weighted by molar-refractivity contribution is 5.74. The lowest BCUT2D eigenvalue weighted by Gasteiger charge is -2.11. The molecule has 2 rings (SSSR count). The summed E-state index contributed by atoms with van der Waals surface area (Å²) in [5.41, 5.74) is 1.67. The number of para-hydroxylation sites is 1. The van der Waals surface area contributed by atoms with Crippen LogP contribution in [0.1, 0.15) is 102 Å². The molecule has 0 spiro atoms. The highest BCUT2D eigenvalue weighted by Gasteiger charge is 2.23. The van der Waals surface area contributed by atoms with Crippen LogP contribution in [0.2, 0.25) is 0 Å². The topological polar surface area (TPSA) is 93.0 Å². The van der Waals surface area contributed by atoms with Crippen LogP contribution in [-0.4, -0.2) is 21.4 Å². The molecule has 1 aromatic carbocycles. The van der Waals surface area contributed by atoms with Crippen LogP contribution in [0.5, 0.6) is 0 Å². The van der Waals surface area contributed by atoms with Gasteiger partial charge in [-0.1, -0.05) is 109 Å². The minimum Gasteiger partial charge on any atom is -0.364 e. The van der Waals surface area contributed by atoms with E-state index in [0.29, 0.717) is 6.54 Å². The van der Waals surface area contributed by atoms with E-state index in [0.717, 1.165) is 24.1 Å². The number of nitro groups is 1. The second-order valence-electron chi connectivity index (χ2n) is 9.14. The van der Waals surface area contributed by atoms with Crippen LogP contribution in [0.4, 0.5) is 23.0 Å². The Morgan fingerprint density at radius 1 is 0.794 bits per heavy atom. The van der Waals surface area contributed by atoms with Gasteiger partial charge in [-0.25, -0.2) is 9.97 Å². The number of anilines is 3. The summed E-state index contributed by atoms with van der Waals surface area (Å²) in [7, 11) is 0. The van der Waals surface area contributed by atoms with Gasteiger partial charge in [-0.05, 0) is 25.0 Å². The van der Waals surface area contributed by atoms with Gasteiger partial charge >= 0.3 is 5.69 Å². The van der Waals surface area contributed by atoms with Crippen LogP contribution >= 0.6 is 0 Å². The van der Waals surface area contributed by atoms with Crippen LogP contribution < -0.4 is 10.6 Å². The van der Waals surface area contributed by atoms with Gasteiger partial charge in [0.15, 0.2) is 0 Å². The van der Waals surface area contributed by atoms with Gasteiger partial charge in [0, 0.05) is 12.2 Å². The molecule has 7 nitrogen and oxygen atoms in total. The number of unbranched alkanes of at least 4 members (excludes halogenated alkanes) is 13. The number of aryl methyl sites for hydroxylation is 1. The maximum absolute atomic E-state index is 11.7. The van der Waals surface area contributed by atoms with Crippen molar-refractivity contribution in [2.45, 2.75) is 104 Å². The maximum atomic E-state index is 11.7. The van der Waals surface area contributed by atoms with E-state index in [4.69, 9.17) is 0 Å². The molecule has 2 aromatic rings. The molecule has 0 aliphatic rings. The summed E-state index contributed by atoms with van der Waals surface area (Å²) >= 11 is 0. The largest absolute Gasteiger partial charge is 0.364 e. The molecule has 0 aliphatic carbocycles. The summed E-state index contributed by atoms with van der Waals surface area (Å²) in [6.45, 7) is 4.88. The van der Waals surface area contributed by atoms with Crippen molar-refractivity contribution < 1.29 is 4.92 Å². The van der Waals surface area contributed by atoms with Gasteiger partial charge in [-0.3, -0.25) is 10.1 Å². The first-order valence-electron chi connectivity index (χ1n) is 13.2. The van der Waals surface area contributed by atoms with E-state index in [2.05, 4.69) is 27.5 Å². The highest BCUT2D eigenvalue weighted by Crippen LogP contribution is 2.31. The predicted octanol–water partition coefficient (Wildman–Crippen LogP) is 8.33. The Labute approximate surface area is 205 Å². The van der Waals surface area contributed by atoms with Crippen molar-refractivity contribution in [3.63, 3.8) is 0 Å². The number of rotatable bonds is 19. The number of aromatic nitrogens is 2. The van der Waals surface area contributed by atoms with E-state index < -0.39 is 4.92 Å². The summed E-state index contributed by atoms with van der Waals surface area (Å²) in [4.78, 5) is 19.5. The molecule has 188 valence electrons. The fourth-order valence-electron chi connectivity index (χ4n) is 4.14. The Bertz CT molecular complexity index is 844. The molecule has 0 saturated heterocycles. The smallest absolute Gasteiger partial charge is 0.353 e. The van der Waals surface area contributed by atoms with Crippen LogP contribution in [0.3, 0.4) is 0 Å². The Balaban J connectivity index is 1.62. The van der Waals surface area contributed by atoms with Gasteiger partial charge in [-0.2, -0.15) is 0 Å². The van der Waals surface area contributed by atoms with Crippen molar-refractivity contribution in [1.29, 1.82) is 0 Å². The summed E-state index contributed by atoms with van der Waals surface area (Å²) in [6.07, 6.45) is 19.7. The Morgan fingerprint density at radius 3 is 1.88 bits per heavy atom. The van der Waals surface area contributed by atoms with Crippen molar-refractivity contribution in [2.75, 3.05) is 17.2 Å². The van der Waals surface area contributed by atoms with Gasteiger partial charge in [0.05, 0.1) is 4.92 Å². The van der Waals surface area contributed by atoms with Crippen molar-refractivity contribution in [2.24, 2.45) is 0 Å². The van der Waals surface area contributed by atoms with E-state index in [1.807, 2.05) is 31.2 Å². The second-order valence-corrected chi connectivity index (χ2v) is 9.14. The van der Waals surface area contributed by atoms with Gasteiger partial charge < -0.3 is 10.6 Å². The Morgan fingerprint density at radius 2 is 1.32 bits per heavy atom. The zero-order valence-corrected chi connectivity index (χ0v) is 21.2. The molecule has 0 atom stereocenters. The fraction of sp³-hybridized carbons (Fsp3) is 0.630. The summed E-state index contributed by atoms with van der Waals surface area (Å²) in [5, 5.41) is 18.0. The summed E-state index contributed by atoms with van der Waals surface area (Å²) in [6, 6.07) is 7.64. The molecule has 0 bridgehead atoms.